The zero-order chi connectivity index (χ0) is 18.2. The molecule has 3 aromatic rings. The highest BCUT2D eigenvalue weighted by atomic mass is 32.1. The molecule has 3 rings (SSSR count). The summed E-state index contributed by atoms with van der Waals surface area (Å²) in [5.41, 5.74) is 1.71. The molecule has 1 heterocycles. The van der Waals surface area contributed by atoms with Crippen LogP contribution in [0, 0.1) is 0 Å². The Kier molecular flexibility index (Phi) is 5.96. The Bertz CT molecular complexity index is 888. The topological polar surface area (TPSA) is 58.2 Å². The molecule has 0 bridgehead atoms. The molecule has 0 aliphatic rings. The van der Waals surface area contributed by atoms with Crippen molar-refractivity contribution in [3.63, 3.8) is 0 Å². The van der Waals surface area contributed by atoms with E-state index in [9.17, 15) is 9.59 Å². The molecule has 0 atom stereocenters. The molecule has 0 saturated carbocycles. The highest BCUT2D eigenvalue weighted by Gasteiger charge is 2.14. The van der Waals surface area contributed by atoms with Gasteiger partial charge in [0, 0.05) is 17.0 Å². The van der Waals surface area contributed by atoms with E-state index >= 15 is 0 Å². The predicted molar refractivity (Wildman–Crippen MR) is 104 cm³/mol. The number of carbonyl (C=O) groups is 2. The molecule has 0 spiro atoms. The first-order valence-corrected chi connectivity index (χ1v) is 9.04. The van der Waals surface area contributed by atoms with Crippen LogP contribution in [0.15, 0.2) is 83.9 Å². The Morgan fingerprint density at radius 3 is 2.23 bits per heavy atom. The van der Waals surface area contributed by atoms with E-state index in [0.29, 0.717) is 12.1 Å². The van der Waals surface area contributed by atoms with Crippen LogP contribution in [0.4, 0.5) is 0 Å². The zero-order valence-corrected chi connectivity index (χ0v) is 14.8. The Labute approximate surface area is 156 Å². The first kappa shape index (κ1) is 17.6. The average molecular weight is 362 g/mol. The van der Waals surface area contributed by atoms with Crippen LogP contribution in [-0.2, 0) is 11.3 Å². The van der Waals surface area contributed by atoms with Crippen LogP contribution in [0.1, 0.15) is 20.8 Å². The second kappa shape index (κ2) is 8.78. The van der Waals surface area contributed by atoms with Crippen LogP contribution in [0.3, 0.4) is 0 Å². The number of amides is 2. The van der Waals surface area contributed by atoms with Gasteiger partial charge >= 0.3 is 0 Å². The van der Waals surface area contributed by atoms with Gasteiger partial charge in [0.05, 0.1) is 0 Å². The van der Waals surface area contributed by atoms with Gasteiger partial charge in [-0.2, -0.15) is 0 Å². The molecule has 0 aliphatic carbocycles. The largest absolute Gasteiger partial charge is 0.347 e. The lowest BCUT2D eigenvalue weighted by atomic mass is 10.2. The van der Waals surface area contributed by atoms with Crippen LogP contribution < -0.4 is 10.6 Å². The Morgan fingerprint density at radius 2 is 1.58 bits per heavy atom. The van der Waals surface area contributed by atoms with Gasteiger partial charge in [0.2, 0.25) is 0 Å². The molecule has 1 aromatic heterocycles. The minimum atomic E-state index is -0.327. The Morgan fingerprint density at radius 1 is 0.885 bits per heavy atom. The summed E-state index contributed by atoms with van der Waals surface area (Å²) in [5, 5.41) is 7.50. The maximum atomic E-state index is 12.6. The van der Waals surface area contributed by atoms with Gasteiger partial charge in [0.1, 0.15) is 5.70 Å². The smallest absolute Gasteiger partial charge is 0.268 e. The van der Waals surface area contributed by atoms with Crippen molar-refractivity contribution in [2.75, 3.05) is 0 Å². The number of benzene rings is 2. The first-order chi connectivity index (χ1) is 12.7. The third-order valence-electron chi connectivity index (χ3n) is 3.65. The van der Waals surface area contributed by atoms with E-state index in [1.54, 1.807) is 30.3 Å². The van der Waals surface area contributed by atoms with E-state index in [4.69, 9.17) is 0 Å². The molecular formula is C21H18N2O2S. The van der Waals surface area contributed by atoms with Gasteiger partial charge in [0.25, 0.3) is 11.8 Å². The fourth-order valence-corrected chi connectivity index (χ4v) is 2.99. The molecular weight excluding hydrogens is 344 g/mol. The SMILES string of the molecule is O=C(NCc1ccccc1)/C(=C\c1cccs1)NC(=O)c1ccccc1. The molecule has 2 N–H and O–H groups in total. The summed E-state index contributed by atoms with van der Waals surface area (Å²) >= 11 is 1.50. The minimum absolute atomic E-state index is 0.220. The second-order valence-corrected chi connectivity index (χ2v) is 6.54. The summed E-state index contributed by atoms with van der Waals surface area (Å²) in [6.45, 7) is 0.392. The van der Waals surface area contributed by atoms with Crippen molar-refractivity contribution < 1.29 is 9.59 Å². The molecule has 0 fully saturated rings. The Hall–Kier alpha value is -3.18. The summed E-state index contributed by atoms with van der Waals surface area (Å²) in [5.74, 6) is -0.644. The van der Waals surface area contributed by atoms with E-state index in [1.807, 2.05) is 53.9 Å². The van der Waals surface area contributed by atoms with E-state index in [-0.39, 0.29) is 17.5 Å². The van der Waals surface area contributed by atoms with Gasteiger partial charge in [-0.1, -0.05) is 54.6 Å². The van der Waals surface area contributed by atoms with Crippen molar-refractivity contribution in [1.82, 2.24) is 10.6 Å². The third kappa shape index (κ3) is 4.91. The van der Waals surface area contributed by atoms with Crippen LogP contribution in [0.25, 0.3) is 6.08 Å². The average Bonchev–Trinajstić information content (AvgIpc) is 3.20. The van der Waals surface area contributed by atoms with Gasteiger partial charge in [0.15, 0.2) is 0 Å². The second-order valence-electron chi connectivity index (χ2n) is 5.56. The number of hydrogen-bond donors (Lipinski definition) is 2. The van der Waals surface area contributed by atoms with Gasteiger partial charge in [-0.3, -0.25) is 9.59 Å². The van der Waals surface area contributed by atoms with E-state index in [2.05, 4.69) is 10.6 Å². The van der Waals surface area contributed by atoms with Crippen molar-refractivity contribution in [2.45, 2.75) is 6.54 Å². The highest BCUT2D eigenvalue weighted by Crippen LogP contribution is 2.13. The number of hydrogen-bond acceptors (Lipinski definition) is 3. The molecule has 2 aromatic carbocycles. The van der Waals surface area contributed by atoms with Crippen LogP contribution in [0.2, 0.25) is 0 Å². The fraction of sp³-hybridized carbons (Fsp3) is 0.0476. The zero-order valence-electron chi connectivity index (χ0n) is 14.0. The van der Waals surface area contributed by atoms with Crippen molar-refractivity contribution in [2.24, 2.45) is 0 Å². The molecule has 0 radical (unpaired) electrons. The lowest BCUT2D eigenvalue weighted by Gasteiger charge is -2.11. The quantitative estimate of drug-likeness (QED) is 0.655. The number of thiophene rings is 1. The van der Waals surface area contributed by atoms with Crippen LogP contribution in [-0.4, -0.2) is 11.8 Å². The predicted octanol–water partition coefficient (Wildman–Crippen LogP) is 3.84. The lowest BCUT2D eigenvalue weighted by molar-refractivity contribution is -0.117. The maximum absolute atomic E-state index is 12.6. The van der Waals surface area contributed by atoms with E-state index in [1.165, 1.54) is 11.3 Å². The molecule has 26 heavy (non-hydrogen) atoms. The summed E-state index contributed by atoms with van der Waals surface area (Å²) < 4.78 is 0. The van der Waals surface area contributed by atoms with Crippen molar-refractivity contribution >= 4 is 29.2 Å². The Balaban J connectivity index is 1.75. The van der Waals surface area contributed by atoms with Gasteiger partial charge in [-0.25, -0.2) is 0 Å². The van der Waals surface area contributed by atoms with Gasteiger partial charge in [-0.05, 0) is 35.2 Å². The monoisotopic (exact) mass is 362 g/mol. The summed E-state index contributed by atoms with van der Waals surface area (Å²) in [4.78, 5) is 25.9. The lowest BCUT2D eigenvalue weighted by Crippen LogP contribution is -2.34. The summed E-state index contributed by atoms with van der Waals surface area (Å²) in [6, 6.07) is 22.2. The molecule has 0 saturated heterocycles. The van der Waals surface area contributed by atoms with Crippen LogP contribution >= 0.6 is 11.3 Å². The third-order valence-corrected chi connectivity index (χ3v) is 4.47. The first-order valence-electron chi connectivity index (χ1n) is 8.16. The van der Waals surface area contributed by atoms with E-state index < -0.39 is 0 Å². The van der Waals surface area contributed by atoms with Crippen LogP contribution in [0.5, 0.6) is 0 Å². The van der Waals surface area contributed by atoms with Crippen molar-refractivity contribution in [3.8, 4) is 0 Å². The molecule has 2 amide bonds. The fourth-order valence-electron chi connectivity index (χ4n) is 2.33. The normalized spacial score (nSPS) is 11.0. The molecule has 130 valence electrons. The standard InChI is InChI=1S/C21H18N2O2S/c24-20(17-10-5-2-6-11-17)23-19(14-18-12-7-13-26-18)21(25)22-15-16-8-3-1-4-9-16/h1-14H,15H2,(H,22,25)(H,23,24)/b19-14+. The van der Waals surface area contributed by atoms with Crippen molar-refractivity contribution in [3.05, 3.63) is 99.9 Å². The molecule has 5 heteroatoms. The number of nitrogens with one attached hydrogen (secondary N) is 2. The van der Waals surface area contributed by atoms with Gasteiger partial charge < -0.3 is 10.6 Å². The molecule has 0 unspecified atom stereocenters. The molecule has 0 aliphatic heterocycles. The molecule has 4 nitrogen and oxygen atoms in total. The van der Waals surface area contributed by atoms with Gasteiger partial charge in [-0.15, -0.1) is 11.3 Å². The number of rotatable bonds is 6. The van der Waals surface area contributed by atoms with Crippen molar-refractivity contribution in [1.29, 1.82) is 0 Å². The highest BCUT2D eigenvalue weighted by molar-refractivity contribution is 7.10. The number of carbonyl (C=O) groups excluding carboxylic acids is 2. The summed E-state index contributed by atoms with van der Waals surface area (Å²) in [7, 11) is 0. The maximum Gasteiger partial charge on any atom is 0.268 e. The van der Waals surface area contributed by atoms with E-state index in [0.717, 1.165) is 10.4 Å². The minimum Gasteiger partial charge on any atom is -0.347 e. The summed E-state index contributed by atoms with van der Waals surface area (Å²) in [6.07, 6.45) is 1.69.